The average Bonchev–Trinajstić information content (AvgIpc) is 3.54. The summed E-state index contributed by atoms with van der Waals surface area (Å²) < 4.78 is 2.50. The third-order valence-corrected chi connectivity index (χ3v) is 8.38. The van der Waals surface area contributed by atoms with Gasteiger partial charge in [-0.1, -0.05) is 42.5 Å². The van der Waals surface area contributed by atoms with E-state index in [-0.39, 0.29) is 11.9 Å². The highest BCUT2D eigenvalue weighted by Crippen LogP contribution is 2.42. The van der Waals surface area contributed by atoms with Crippen LogP contribution < -0.4 is 5.32 Å². The summed E-state index contributed by atoms with van der Waals surface area (Å²) in [5.74, 6) is 1.98. The van der Waals surface area contributed by atoms with E-state index in [1.807, 2.05) is 0 Å². The van der Waals surface area contributed by atoms with Crippen molar-refractivity contribution >= 4 is 16.9 Å². The van der Waals surface area contributed by atoms with Gasteiger partial charge < -0.3 is 9.88 Å². The molecular formula is C29H36N4O. The quantitative estimate of drug-likeness (QED) is 0.483. The van der Waals surface area contributed by atoms with Crippen molar-refractivity contribution in [2.24, 2.45) is 5.92 Å². The predicted molar refractivity (Wildman–Crippen MR) is 136 cm³/mol. The topological polar surface area (TPSA) is 50.2 Å². The number of nitrogens with zero attached hydrogens (tertiary/aromatic N) is 3. The van der Waals surface area contributed by atoms with E-state index in [1.54, 1.807) is 0 Å². The van der Waals surface area contributed by atoms with E-state index < -0.39 is 0 Å². The molecule has 1 aliphatic carbocycles. The monoisotopic (exact) mass is 456 g/mol. The molecule has 2 aliphatic heterocycles. The number of carbonyl (C=O) groups excluding carboxylic acids is 1. The first-order chi connectivity index (χ1) is 16.7. The van der Waals surface area contributed by atoms with E-state index in [1.165, 1.54) is 49.6 Å². The Kier molecular flexibility index (Phi) is 5.90. The number of imidazole rings is 1. The van der Waals surface area contributed by atoms with E-state index in [4.69, 9.17) is 4.98 Å². The van der Waals surface area contributed by atoms with Crippen molar-refractivity contribution in [3.05, 3.63) is 66.0 Å². The standard InChI is InChI=1S/C29H36N4O/c1-20-30-27-9-5-6-10-28(27)33(20)25-18-23-13-14-24(19-25)32(23)16-15-26(22-7-3-2-4-8-22)31-29(34)17-21-11-12-21/h2-10,21,23-26H,11-19H2,1H3,(H,31,34)/t23-,24+,25?,26-/m0/s1. The van der Waals surface area contributed by atoms with Crippen LogP contribution in [0, 0.1) is 12.8 Å². The number of aromatic nitrogens is 2. The summed E-state index contributed by atoms with van der Waals surface area (Å²) in [7, 11) is 0. The molecule has 4 atom stereocenters. The molecule has 0 spiro atoms. The predicted octanol–water partition coefficient (Wildman–Crippen LogP) is 5.56. The maximum absolute atomic E-state index is 12.6. The molecule has 178 valence electrons. The molecule has 3 fully saturated rings. The van der Waals surface area contributed by atoms with Crippen LogP contribution in [0.2, 0.25) is 0 Å². The second kappa shape index (κ2) is 9.18. The summed E-state index contributed by atoms with van der Waals surface area (Å²) in [6, 6.07) is 21.0. The minimum absolute atomic E-state index is 0.101. The smallest absolute Gasteiger partial charge is 0.220 e. The molecule has 5 heteroatoms. The van der Waals surface area contributed by atoms with Gasteiger partial charge in [0.1, 0.15) is 5.82 Å². The summed E-state index contributed by atoms with van der Waals surface area (Å²) in [6.45, 7) is 3.21. The molecule has 5 nitrogen and oxygen atoms in total. The van der Waals surface area contributed by atoms with Crippen molar-refractivity contribution in [3.8, 4) is 0 Å². The van der Waals surface area contributed by atoms with E-state index in [0.717, 1.165) is 24.3 Å². The van der Waals surface area contributed by atoms with Crippen LogP contribution in [0.4, 0.5) is 0 Å². The van der Waals surface area contributed by atoms with Gasteiger partial charge in [0, 0.05) is 31.1 Å². The number of hydrogen-bond acceptors (Lipinski definition) is 3. The number of fused-ring (bicyclic) bond motifs is 3. The molecule has 2 aromatic carbocycles. The van der Waals surface area contributed by atoms with Gasteiger partial charge in [0.15, 0.2) is 0 Å². The number of piperidine rings is 1. The Hall–Kier alpha value is -2.66. The van der Waals surface area contributed by atoms with Gasteiger partial charge in [-0.2, -0.15) is 0 Å². The van der Waals surface area contributed by atoms with Crippen LogP contribution in [0.25, 0.3) is 11.0 Å². The molecule has 2 saturated heterocycles. The van der Waals surface area contributed by atoms with Gasteiger partial charge in [-0.25, -0.2) is 4.98 Å². The maximum atomic E-state index is 12.6. The Balaban J connectivity index is 1.14. The fourth-order valence-electron chi connectivity index (χ4n) is 6.57. The molecule has 1 unspecified atom stereocenters. The molecule has 3 aromatic rings. The van der Waals surface area contributed by atoms with Crippen molar-refractivity contribution in [1.82, 2.24) is 19.8 Å². The van der Waals surface area contributed by atoms with Crippen molar-refractivity contribution < 1.29 is 4.79 Å². The molecule has 3 heterocycles. The largest absolute Gasteiger partial charge is 0.349 e. The lowest BCUT2D eigenvalue weighted by molar-refractivity contribution is -0.122. The lowest BCUT2D eigenvalue weighted by Crippen LogP contribution is -2.45. The number of hydrogen-bond donors (Lipinski definition) is 1. The molecule has 3 aliphatic rings. The first-order valence-electron chi connectivity index (χ1n) is 13.2. The highest BCUT2D eigenvalue weighted by molar-refractivity contribution is 5.77. The normalized spacial score (nSPS) is 25.5. The number of para-hydroxylation sites is 2. The van der Waals surface area contributed by atoms with Crippen LogP contribution in [-0.4, -0.2) is 39.0 Å². The molecule has 1 saturated carbocycles. The molecule has 1 N–H and O–H groups in total. The average molecular weight is 457 g/mol. The van der Waals surface area contributed by atoms with Crippen LogP contribution in [-0.2, 0) is 4.79 Å². The van der Waals surface area contributed by atoms with E-state index >= 15 is 0 Å². The fourth-order valence-corrected chi connectivity index (χ4v) is 6.57. The Bertz CT molecular complexity index is 1140. The van der Waals surface area contributed by atoms with Crippen LogP contribution in [0.3, 0.4) is 0 Å². The Morgan fingerprint density at radius 1 is 0.971 bits per heavy atom. The summed E-state index contributed by atoms with van der Waals surface area (Å²) in [6.07, 6.45) is 9.07. The molecule has 6 rings (SSSR count). The molecule has 1 aromatic heterocycles. The second-order valence-corrected chi connectivity index (χ2v) is 10.7. The minimum atomic E-state index is 0.101. The highest BCUT2D eigenvalue weighted by atomic mass is 16.1. The zero-order valence-electron chi connectivity index (χ0n) is 20.2. The Labute approximate surface area is 202 Å². The second-order valence-electron chi connectivity index (χ2n) is 10.7. The lowest BCUT2D eigenvalue weighted by Gasteiger charge is -2.40. The van der Waals surface area contributed by atoms with Gasteiger partial charge in [-0.15, -0.1) is 0 Å². The van der Waals surface area contributed by atoms with E-state index in [9.17, 15) is 4.79 Å². The molecule has 0 radical (unpaired) electrons. The summed E-state index contributed by atoms with van der Waals surface area (Å²) in [5, 5.41) is 3.38. The van der Waals surface area contributed by atoms with Crippen LogP contribution in [0.5, 0.6) is 0 Å². The number of benzene rings is 2. The zero-order valence-corrected chi connectivity index (χ0v) is 20.2. The number of nitrogens with one attached hydrogen (secondary N) is 1. The van der Waals surface area contributed by atoms with E-state index in [0.29, 0.717) is 30.5 Å². The van der Waals surface area contributed by atoms with Crippen molar-refractivity contribution in [1.29, 1.82) is 0 Å². The third-order valence-electron chi connectivity index (χ3n) is 8.38. The maximum Gasteiger partial charge on any atom is 0.220 e. The first-order valence-corrected chi connectivity index (χ1v) is 13.2. The van der Waals surface area contributed by atoms with Gasteiger partial charge >= 0.3 is 0 Å². The van der Waals surface area contributed by atoms with Crippen molar-refractivity contribution in [3.63, 3.8) is 0 Å². The molecule has 2 bridgehead atoms. The van der Waals surface area contributed by atoms with Crippen molar-refractivity contribution in [2.75, 3.05) is 6.54 Å². The van der Waals surface area contributed by atoms with Crippen molar-refractivity contribution in [2.45, 2.75) is 82.5 Å². The highest BCUT2D eigenvalue weighted by Gasteiger charge is 2.41. The van der Waals surface area contributed by atoms with Gasteiger partial charge in [-0.3, -0.25) is 9.69 Å². The Morgan fingerprint density at radius 2 is 1.68 bits per heavy atom. The van der Waals surface area contributed by atoms with Gasteiger partial charge in [0.05, 0.1) is 17.1 Å². The molecule has 34 heavy (non-hydrogen) atoms. The van der Waals surface area contributed by atoms with Crippen LogP contribution >= 0.6 is 0 Å². The zero-order chi connectivity index (χ0) is 23.1. The number of carbonyl (C=O) groups is 1. The summed E-state index contributed by atoms with van der Waals surface area (Å²) in [5.41, 5.74) is 3.62. The van der Waals surface area contributed by atoms with Gasteiger partial charge in [0.2, 0.25) is 5.91 Å². The Morgan fingerprint density at radius 3 is 2.41 bits per heavy atom. The summed E-state index contributed by atoms with van der Waals surface area (Å²) >= 11 is 0. The number of amides is 1. The minimum Gasteiger partial charge on any atom is -0.349 e. The van der Waals surface area contributed by atoms with Gasteiger partial charge in [0.25, 0.3) is 0 Å². The lowest BCUT2D eigenvalue weighted by atomic mass is 9.95. The fraction of sp³-hybridized carbons (Fsp3) is 0.517. The van der Waals surface area contributed by atoms with Crippen LogP contribution in [0.1, 0.15) is 74.8 Å². The van der Waals surface area contributed by atoms with Gasteiger partial charge in [-0.05, 0) is 75.5 Å². The number of rotatable bonds is 8. The SMILES string of the molecule is Cc1nc2ccccc2n1C1C[C@H]2CC[C@@H](C1)N2CC[C@H](NC(=O)CC1CC1)c1ccccc1. The first kappa shape index (κ1) is 21.8. The number of aryl methyl sites for hydroxylation is 1. The molecule has 1 amide bonds. The third kappa shape index (κ3) is 4.38. The van der Waals surface area contributed by atoms with E-state index in [2.05, 4.69) is 76.3 Å². The summed E-state index contributed by atoms with van der Waals surface area (Å²) in [4.78, 5) is 20.2. The van der Waals surface area contributed by atoms with Crippen LogP contribution in [0.15, 0.2) is 54.6 Å². The molecular weight excluding hydrogens is 420 g/mol.